The first-order valence-electron chi connectivity index (χ1n) is 8.77. The van der Waals surface area contributed by atoms with Crippen LogP contribution < -0.4 is 10.1 Å². The molecule has 2 aromatic carbocycles. The van der Waals surface area contributed by atoms with E-state index in [4.69, 9.17) is 4.74 Å². The molecule has 1 fully saturated rings. The van der Waals surface area contributed by atoms with E-state index >= 15 is 0 Å². The van der Waals surface area contributed by atoms with E-state index in [1.807, 2.05) is 0 Å². The number of ketones is 1. The fraction of sp³-hybridized carbons (Fsp3) is 0.286. The molecule has 0 radical (unpaired) electrons. The van der Waals surface area contributed by atoms with Crippen LogP contribution in [-0.2, 0) is 4.79 Å². The number of hydrogen-bond acceptors (Lipinski definition) is 4. The summed E-state index contributed by atoms with van der Waals surface area (Å²) in [6, 6.07) is 13.9. The van der Waals surface area contributed by atoms with E-state index in [2.05, 4.69) is 11.4 Å². The number of carbonyl (C=O) groups is 2. The van der Waals surface area contributed by atoms with Crippen LogP contribution >= 0.6 is 0 Å². The average molecular weight is 366 g/mol. The van der Waals surface area contributed by atoms with Gasteiger partial charge in [-0.1, -0.05) is 0 Å². The molecule has 6 heteroatoms. The van der Waals surface area contributed by atoms with Crippen molar-refractivity contribution in [2.75, 3.05) is 6.61 Å². The number of nitrogens with zero attached hydrogens (tertiary/aromatic N) is 1. The van der Waals surface area contributed by atoms with Crippen LogP contribution in [0, 0.1) is 17.1 Å². The van der Waals surface area contributed by atoms with Crippen molar-refractivity contribution in [3.63, 3.8) is 0 Å². The number of benzene rings is 2. The fourth-order valence-electron chi connectivity index (χ4n) is 3.17. The Bertz CT molecular complexity index is 864. The lowest BCUT2D eigenvalue weighted by Crippen LogP contribution is -2.47. The molecule has 5 nitrogen and oxygen atoms in total. The van der Waals surface area contributed by atoms with Gasteiger partial charge < -0.3 is 10.1 Å². The van der Waals surface area contributed by atoms with Crippen LogP contribution in [0.2, 0.25) is 0 Å². The lowest BCUT2D eigenvalue weighted by molar-refractivity contribution is -0.124. The van der Waals surface area contributed by atoms with E-state index in [1.165, 1.54) is 24.3 Å². The molecule has 1 aliphatic rings. The largest absolute Gasteiger partial charge is 0.484 e. The van der Waals surface area contributed by atoms with Gasteiger partial charge in [0.1, 0.15) is 17.1 Å². The minimum absolute atomic E-state index is 0.200. The molecule has 0 aliphatic heterocycles. The SMILES string of the molecule is N#CC1(NC(=O)COc2ccc(C(=O)c3ccc(F)cc3)cc2)CCCC1. The first kappa shape index (κ1) is 18.6. The lowest BCUT2D eigenvalue weighted by Gasteiger charge is -2.21. The summed E-state index contributed by atoms with van der Waals surface area (Å²) in [7, 11) is 0. The standard InChI is InChI=1S/C21H19FN2O3/c22-17-7-3-15(4-8-17)20(26)16-5-9-18(10-6-16)27-13-19(25)24-21(14-23)11-1-2-12-21/h3-10H,1-2,11-13H2,(H,24,25). The van der Waals surface area contributed by atoms with Gasteiger partial charge in [-0.25, -0.2) is 4.39 Å². The Morgan fingerprint density at radius 2 is 1.59 bits per heavy atom. The Balaban J connectivity index is 1.56. The predicted octanol–water partition coefficient (Wildman–Crippen LogP) is 3.39. The van der Waals surface area contributed by atoms with Crippen molar-refractivity contribution in [3.05, 3.63) is 65.5 Å². The third-order valence-corrected chi connectivity index (χ3v) is 4.64. The summed E-state index contributed by atoms with van der Waals surface area (Å²) in [5, 5.41) is 12.0. The second-order valence-corrected chi connectivity index (χ2v) is 6.60. The quantitative estimate of drug-likeness (QED) is 0.795. The number of carbonyl (C=O) groups excluding carboxylic acids is 2. The molecular formula is C21H19FN2O3. The number of nitrogens with one attached hydrogen (secondary N) is 1. The van der Waals surface area contributed by atoms with Crippen LogP contribution in [0.4, 0.5) is 4.39 Å². The zero-order valence-corrected chi connectivity index (χ0v) is 14.7. The molecule has 1 N–H and O–H groups in total. The van der Waals surface area contributed by atoms with Gasteiger partial charge in [-0.15, -0.1) is 0 Å². The number of amides is 1. The van der Waals surface area contributed by atoms with Crippen molar-refractivity contribution < 1.29 is 18.7 Å². The Labute approximate surface area is 156 Å². The summed E-state index contributed by atoms with van der Waals surface area (Å²) >= 11 is 0. The van der Waals surface area contributed by atoms with Crippen molar-refractivity contribution >= 4 is 11.7 Å². The molecule has 0 bridgehead atoms. The van der Waals surface area contributed by atoms with Gasteiger partial charge in [0, 0.05) is 11.1 Å². The van der Waals surface area contributed by atoms with Gasteiger partial charge in [0.2, 0.25) is 0 Å². The first-order chi connectivity index (χ1) is 13.0. The summed E-state index contributed by atoms with van der Waals surface area (Å²) in [4.78, 5) is 24.4. The van der Waals surface area contributed by atoms with E-state index in [0.717, 1.165) is 12.8 Å². The van der Waals surface area contributed by atoms with E-state index in [0.29, 0.717) is 29.7 Å². The Kier molecular flexibility index (Phi) is 5.51. The number of nitriles is 1. The maximum Gasteiger partial charge on any atom is 0.259 e. The van der Waals surface area contributed by atoms with Crippen LogP contribution in [0.3, 0.4) is 0 Å². The summed E-state index contributed by atoms with van der Waals surface area (Å²) in [5.74, 6) is -0.524. The molecule has 138 valence electrons. The van der Waals surface area contributed by atoms with Crippen molar-refractivity contribution in [2.24, 2.45) is 0 Å². The number of ether oxygens (including phenoxy) is 1. The molecule has 1 saturated carbocycles. The number of hydrogen-bond donors (Lipinski definition) is 1. The zero-order chi connectivity index (χ0) is 19.3. The van der Waals surface area contributed by atoms with Gasteiger partial charge in [0.25, 0.3) is 5.91 Å². The van der Waals surface area contributed by atoms with Crippen molar-refractivity contribution in [1.82, 2.24) is 5.32 Å². The second-order valence-electron chi connectivity index (χ2n) is 6.60. The highest BCUT2D eigenvalue weighted by Crippen LogP contribution is 2.28. The van der Waals surface area contributed by atoms with Gasteiger partial charge in [-0.05, 0) is 74.2 Å². The maximum absolute atomic E-state index is 13.0. The van der Waals surface area contributed by atoms with Crippen LogP contribution in [0.1, 0.15) is 41.6 Å². The summed E-state index contributed by atoms with van der Waals surface area (Å²) in [5.41, 5.74) is 0.0573. The topological polar surface area (TPSA) is 79.2 Å². The van der Waals surface area contributed by atoms with Crippen molar-refractivity contribution in [3.8, 4) is 11.8 Å². The number of rotatable bonds is 6. The average Bonchev–Trinajstić information content (AvgIpc) is 3.16. The molecule has 0 aromatic heterocycles. The minimum Gasteiger partial charge on any atom is -0.484 e. The molecule has 0 unspecified atom stereocenters. The zero-order valence-electron chi connectivity index (χ0n) is 14.7. The highest BCUT2D eigenvalue weighted by atomic mass is 19.1. The Hall–Kier alpha value is -3.20. The molecule has 0 saturated heterocycles. The molecule has 0 spiro atoms. The second kappa shape index (κ2) is 8.00. The molecule has 27 heavy (non-hydrogen) atoms. The molecule has 1 aliphatic carbocycles. The summed E-state index contributed by atoms with van der Waals surface area (Å²) < 4.78 is 18.4. The highest BCUT2D eigenvalue weighted by molar-refractivity contribution is 6.09. The van der Waals surface area contributed by atoms with Crippen molar-refractivity contribution in [1.29, 1.82) is 5.26 Å². The third kappa shape index (κ3) is 4.50. The summed E-state index contributed by atoms with van der Waals surface area (Å²) in [6.07, 6.45) is 3.18. The van der Waals surface area contributed by atoms with Gasteiger partial charge in [-0.3, -0.25) is 9.59 Å². The van der Waals surface area contributed by atoms with Crippen LogP contribution in [0.25, 0.3) is 0 Å². The molecule has 1 amide bonds. The lowest BCUT2D eigenvalue weighted by atomic mass is 10.00. The minimum atomic E-state index is -0.772. The normalized spacial score (nSPS) is 15.0. The smallest absolute Gasteiger partial charge is 0.259 e. The van der Waals surface area contributed by atoms with E-state index in [1.54, 1.807) is 24.3 Å². The molecular weight excluding hydrogens is 347 g/mol. The fourth-order valence-corrected chi connectivity index (χ4v) is 3.17. The number of halogens is 1. The third-order valence-electron chi connectivity index (χ3n) is 4.64. The first-order valence-corrected chi connectivity index (χ1v) is 8.77. The molecule has 3 rings (SSSR count). The molecule has 2 aromatic rings. The Morgan fingerprint density at radius 1 is 1.04 bits per heavy atom. The van der Waals surface area contributed by atoms with Gasteiger partial charge >= 0.3 is 0 Å². The molecule has 0 atom stereocenters. The highest BCUT2D eigenvalue weighted by Gasteiger charge is 2.35. The van der Waals surface area contributed by atoms with E-state index in [9.17, 15) is 19.2 Å². The predicted molar refractivity (Wildman–Crippen MR) is 96.7 cm³/mol. The van der Waals surface area contributed by atoms with Gasteiger partial charge in [0.15, 0.2) is 12.4 Å². The molecule has 0 heterocycles. The maximum atomic E-state index is 13.0. The van der Waals surface area contributed by atoms with Crippen LogP contribution in [-0.4, -0.2) is 23.8 Å². The van der Waals surface area contributed by atoms with Crippen LogP contribution in [0.5, 0.6) is 5.75 Å². The van der Waals surface area contributed by atoms with Gasteiger partial charge in [0.05, 0.1) is 6.07 Å². The van der Waals surface area contributed by atoms with Gasteiger partial charge in [-0.2, -0.15) is 5.26 Å². The van der Waals surface area contributed by atoms with E-state index < -0.39 is 11.4 Å². The van der Waals surface area contributed by atoms with Crippen molar-refractivity contribution in [2.45, 2.75) is 31.2 Å². The Morgan fingerprint density at radius 3 is 2.15 bits per heavy atom. The van der Waals surface area contributed by atoms with E-state index in [-0.39, 0.29) is 18.3 Å². The summed E-state index contributed by atoms with van der Waals surface area (Å²) in [6.45, 7) is -0.200. The monoisotopic (exact) mass is 366 g/mol. The van der Waals surface area contributed by atoms with Crippen LogP contribution in [0.15, 0.2) is 48.5 Å².